The van der Waals surface area contributed by atoms with Gasteiger partial charge in [-0.3, -0.25) is 0 Å². The summed E-state index contributed by atoms with van der Waals surface area (Å²) >= 11 is 0. The van der Waals surface area contributed by atoms with Gasteiger partial charge in [0.15, 0.2) is 0 Å². The van der Waals surface area contributed by atoms with E-state index in [1.807, 2.05) is 0 Å². The zero-order chi connectivity index (χ0) is 9.42. The second kappa shape index (κ2) is 2.91. The summed E-state index contributed by atoms with van der Waals surface area (Å²) in [5.41, 5.74) is 3.91. The smallest absolute Gasteiger partial charge is 0.0443 e. The molecular formula is C12H15N. The minimum Gasteiger partial charge on any atom is -0.343 e. The van der Waals surface area contributed by atoms with E-state index in [0.717, 1.165) is 12.1 Å². The minimum absolute atomic E-state index is 0.565. The van der Waals surface area contributed by atoms with Crippen molar-refractivity contribution in [1.29, 1.82) is 0 Å². The first-order valence-electron chi connectivity index (χ1n) is 4.73. The molecule has 68 valence electrons. The van der Waals surface area contributed by atoms with Crippen LogP contribution >= 0.6 is 0 Å². The lowest BCUT2D eigenvalue weighted by Gasteiger charge is -2.24. The molecule has 0 aliphatic carbocycles. The molecule has 0 bridgehead atoms. The molecule has 0 radical (unpaired) electrons. The average molecular weight is 173 g/mol. The fourth-order valence-corrected chi connectivity index (χ4v) is 2.15. The summed E-state index contributed by atoms with van der Waals surface area (Å²) < 4.78 is 0. The van der Waals surface area contributed by atoms with Crippen LogP contribution in [0.1, 0.15) is 19.4 Å². The first-order valence-corrected chi connectivity index (χ1v) is 4.73. The highest BCUT2D eigenvalue weighted by Crippen LogP contribution is 2.33. The molecule has 1 aromatic carbocycles. The zero-order valence-corrected chi connectivity index (χ0v) is 8.25. The van der Waals surface area contributed by atoms with Crippen molar-refractivity contribution in [2.45, 2.75) is 26.3 Å². The van der Waals surface area contributed by atoms with Gasteiger partial charge in [0.25, 0.3) is 0 Å². The number of fused-ring (bicyclic) bond motifs is 1. The first kappa shape index (κ1) is 8.36. The van der Waals surface area contributed by atoms with E-state index in [2.05, 4.69) is 49.6 Å². The van der Waals surface area contributed by atoms with Gasteiger partial charge in [-0.25, -0.2) is 0 Å². The summed E-state index contributed by atoms with van der Waals surface area (Å²) in [5.74, 6) is 0. The zero-order valence-electron chi connectivity index (χ0n) is 8.25. The fraction of sp³-hybridized carbons (Fsp3) is 0.333. The molecule has 1 aliphatic rings. The van der Waals surface area contributed by atoms with Crippen molar-refractivity contribution in [2.24, 2.45) is 0 Å². The summed E-state index contributed by atoms with van der Waals surface area (Å²) in [6.07, 6.45) is 1.14. The minimum atomic E-state index is 0.565. The van der Waals surface area contributed by atoms with Crippen LogP contribution in [0, 0.1) is 0 Å². The number of para-hydroxylation sites is 1. The van der Waals surface area contributed by atoms with Gasteiger partial charge in [0.05, 0.1) is 0 Å². The molecular weight excluding hydrogens is 158 g/mol. The number of rotatable bonds is 1. The van der Waals surface area contributed by atoms with Gasteiger partial charge in [-0.15, -0.1) is 0 Å². The van der Waals surface area contributed by atoms with Crippen LogP contribution in [-0.2, 0) is 6.42 Å². The molecule has 1 aliphatic heterocycles. The van der Waals surface area contributed by atoms with Crippen LogP contribution in [0.15, 0.2) is 36.5 Å². The average Bonchev–Trinajstić information content (AvgIpc) is 2.39. The summed E-state index contributed by atoms with van der Waals surface area (Å²) in [7, 11) is 0. The van der Waals surface area contributed by atoms with Gasteiger partial charge >= 0.3 is 0 Å². The Labute approximate surface area is 79.7 Å². The highest BCUT2D eigenvalue weighted by atomic mass is 15.2. The van der Waals surface area contributed by atoms with E-state index in [-0.39, 0.29) is 0 Å². The molecule has 1 aromatic rings. The monoisotopic (exact) mass is 173 g/mol. The SMILES string of the molecule is C=C(C)N1c2ccccc2CC1C. The van der Waals surface area contributed by atoms with Crippen LogP contribution < -0.4 is 4.90 Å². The van der Waals surface area contributed by atoms with Gasteiger partial charge in [-0.2, -0.15) is 0 Å². The van der Waals surface area contributed by atoms with E-state index >= 15 is 0 Å². The maximum atomic E-state index is 4.01. The molecule has 1 heteroatoms. The van der Waals surface area contributed by atoms with Crippen molar-refractivity contribution < 1.29 is 0 Å². The van der Waals surface area contributed by atoms with Crippen LogP contribution in [0.25, 0.3) is 0 Å². The Morgan fingerprint density at radius 2 is 2.15 bits per heavy atom. The lowest BCUT2D eigenvalue weighted by atomic mass is 10.1. The van der Waals surface area contributed by atoms with Crippen molar-refractivity contribution in [1.82, 2.24) is 0 Å². The molecule has 0 fully saturated rings. The molecule has 0 amide bonds. The van der Waals surface area contributed by atoms with Gasteiger partial charge in [0, 0.05) is 17.4 Å². The summed E-state index contributed by atoms with van der Waals surface area (Å²) in [6, 6.07) is 9.14. The molecule has 1 atom stereocenters. The Hall–Kier alpha value is -1.24. The Morgan fingerprint density at radius 3 is 2.85 bits per heavy atom. The predicted molar refractivity (Wildman–Crippen MR) is 56.9 cm³/mol. The van der Waals surface area contributed by atoms with Crippen LogP contribution in [0.3, 0.4) is 0 Å². The Kier molecular flexibility index (Phi) is 1.87. The first-order chi connectivity index (χ1) is 6.20. The van der Waals surface area contributed by atoms with Gasteiger partial charge in [0.2, 0.25) is 0 Å². The van der Waals surface area contributed by atoms with Gasteiger partial charge in [-0.05, 0) is 31.9 Å². The molecule has 1 unspecified atom stereocenters. The van der Waals surface area contributed by atoms with Crippen LogP contribution in [0.4, 0.5) is 5.69 Å². The molecule has 1 heterocycles. The maximum Gasteiger partial charge on any atom is 0.0443 e. The maximum absolute atomic E-state index is 4.01. The van der Waals surface area contributed by atoms with Crippen LogP contribution in [0.5, 0.6) is 0 Å². The molecule has 0 spiro atoms. The second-order valence-electron chi connectivity index (χ2n) is 3.79. The normalized spacial score (nSPS) is 20.2. The van der Waals surface area contributed by atoms with Crippen molar-refractivity contribution in [3.63, 3.8) is 0 Å². The lowest BCUT2D eigenvalue weighted by Crippen LogP contribution is -2.26. The quantitative estimate of drug-likeness (QED) is 0.631. The number of anilines is 1. The summed E-state index contributed by atoms with van der Waals surface area (Å²) in [5, 5.41) is 0. The van der Waals surface area contributed by atoms with Gasteiger partial charge < -0.3 is 4.90 Å². The standard InChI is InChI=1S/C12H15N/c1-9(2)13-10(3)8-11-6-4-5-7-12(11)13/h4-7,10H,1,8H2,2-3H3. The molecule has 0 saturated carbocycles. The van der Waals surface area contributed by atoms with Crippen LogP contribution in [0.2, 0.25) is 0 Å². The van der Waals surface area contributed by atoms with Crippen molar-refractivity contribution >= 4 is 5.69 Å². The highest BCUT2D eigenvalue weighted by molar-refractivity contribution is 5.62. The molecule has 13 heavy (non-hydrogen) atoms. The predicted octanol–water partition coefficient (Wildman–Crippen LogP) is 2.97. The van der Waals surface area contributed by atoms with Gasteiger partial charge in [0.1, 0.15) is 0 Å². The Balaban J connectivity index is 2.46. The second-order valence-corrected chi connectivity index (χ2v) is 3.79. The molecule has 0 aromatic heterocycles. The van der Waals surface area contributed by atoms with E-state index in [1.165, 1.54) is 11.3 Å². The van der Waals surface area contributed by atoms with E-state index < -0.39 is 0 Å². The third kappa shape index (κ3) is 1.24. The highest BCUT2D eigenvalue weighted by Gasteiger charge is 2.25. The Bertz CT molecular complexity index is 341. The third-order valence-corrected chi connectivity index (χ3v) is 2.62. The number of allylic oxidation sites excluding steroid dienone is 1. The Morgan fingerprint density at radius 1 is 1.46 bits per heavy atom. The summed E-state index contributed by atoms with van der Waals surface area (Å²) in [6.45, 7) is 8.33. The van der Waals surface area contributed by atoms with E-state index in [9.17, 15) is 0 Å². The number of hydrogen-bond acceptors (Lipinski definition) is 1. The van der Waals surface area contributed by atoms with Crippen molar-refractivity contribution in [3.8, 4) is 0 Å². The van der Waals surface area contributed by atoms with Crippen LogP contribution in [-0.4, -0.2) is 6.04 Å². The van der Waals surface area contributed by atoms with E-state index in [4.69, 9.17) is 0 Å². The van der Waals surface area contributed by atoms with Gasteiger partial charge in [-0.1, -0.05) is 24.8 Å². The number of hydrogen-bond donors (Lipinski definition) is 0. The largest absolute Gasteiger partial charge is 0.343 e. The fourth-order valence-electron chi connectivity index (χ4n) is 2.15. The lowest BCUT2D eigenvalue weighted by molar-refractivity contribution is 0.733. The van der Waals surface area contributed by atoms with Crippen molar-refractivity contribution in [2.75, 3.05) is 4.90 Å². The third-order valence-electron chi connectivity index (χ3n) is 2.62. The molecule has 0 saturated heterocycles. The number of benzene rings is 1. The van der Waals surface area contributed by atoms with E-state index in [0.29, 0.717) is 6.04 Å². The molecule has 2 rings (SSSR count). The number of nitrogens with zero attached hydrogens (tertiary/aromatic N) is 1. The molecule has 1 nitrogen and oxygen atoms in total. The van der Waals surface area contributed by atoms with E-state index in [1.54, 1.807) is 0 Å². The topological polar surface area (TPSA) is 3.24 Å². The summed E-state index contributed by atoms with van der Waals surface area (Å²) in [4.78, 5) is 2.31. The van der Waals surface area contributed by atoms with Crippen molar-refractivity contribution in [3.05, 3.63) is 42.1 Å². The molecule has 0 N–H and O–H groups in total.